The SMILES string of the molecule is Cc1ccc(Oc2nc(Cl)nc(-n3cncn3)n2)c(Br)c1. The van der Waals surface area contributed by atoms with Crippen molar-refractivity contribution < 1.29 is 4.74 Å². The van der Waals surface area contributed by atoms with Gasteiger partial charge in [-0.1, -0.05) is 6.07 Å². The van der Waals surface area contributed by atoms with E-state index in [-0.39, 0.29) is 17.2 Å². The lowest BCUT2D eigenvalue weighted by atomic mass is 10.2. The van der Waals surface area contributed by atoms with Crippen LogP contribution in [0.5, 0.6) is 11.8 Å². The molecule has 9 heteroatoms. The van der Waals surface area contributed by atoms with Crippen molar-refractivity contribution >= 4 is 27.5 Å². The molecule has 0 saturated carbocycles. The molecule has 21 heavy (non-hydrogen) atoms. The molecule has 2 aromatic heterocycles. The van der Waals surface area contributed by atoms with Gasteiger partial charge in [-0.25, -0.2) is 4.98 Å². The van der Waals surface area contributed by atoms with E-state index in [1.165, 1.54) is 17.3 Å². The Kier molecular flexibility index (Phi) is 3.80. The Morgan fingerprint density at radius 1 is 1.24 bits per heavy atom. The van der Waals surface area contributed by atoms with Gasteiger partial charge in [0, 0.05) is 0 Å². The molecular formula is C12H8BrClN6O. The Balaban J connectivity index is 1.95. The standard InChI is InChI=1S/C12H8BrClN6O/c1-7-2-3-9(8(13)4-7)21-12-18-10(14)17-11(19-12)20-6-15-5-16-20/h2-6H,1H3. The molecule has 1 aromatic carbocycles. The fourth-order valence-corrected chi connectivity index (χ4v) is 2.29. The first-order valence-corrected chi connectivity index (χ1v) is 6.99. The van der Waals surface area contributed by atoms with Gasteiger partial charge in [-0.05, 0) is 52.2 Å². The summed E-state index contributed by atoms with van der Waals surface area (Å²) in [7, 11) is 0. The zero-order valence-electron chi connectivity index (χ0n) is 10.7. The van der Waals surface area contributed by atoms with Crippen LogP contribution in [0.15, 0.2) is 35.3 Å². The quantitative estimate of drug-likeness (QED) is 0.708. The Morgan fingerprint density at radius 2 is 2.10 bits per heavy atom. The summed E-state index contributed by atoms with van der Waals surface area (Å²) in [5, 5.41) is 3.94. The van der Waals surface area contributed by atoms with E-state index in [1.807, 2.05) is 25.1 Å². The van der Waals surface area contributed by atoms with Crippen molar-refractivity contribution in [2.24, 2.45) is 0 Å². The van der Waals surface area contributed by atoms with Crippen molar-refractivity contribution in [3.63, 3.8) is 0 Å². The number of ether oxygens (including phenoxy) is 1. The van der Waals surface area contributed by atoms with Crippen LogP contribution in [0.4, 0.5) is 0 Å². The molecule has 0 N–H and O–H groups in total. The molecule has 0 unspecified atom stereocenters. The van der Waals surface area contributed by atoms with Crippen LogP contribution in [0, 0.1) is 6.92 Å². The summed E-state index contributed by atoms with van der Waals surface area (Å²) in [5.74, 6) is 0.804. The number of aromatic nitrogens is 6. The molecule has 0 spiro atoms. The van der Waals surface area contributed by atoms with E-state index in [1.54, 1.807) is 0 Å². The highest BCUT2D eigenvalue weighted by Gasteiger charge is 2.11. The Labute approximate surface area is 133 Å². The largest absolute Gasteiger partial charge is 0.423 e. The van der Waals surface area contributed by atoms with E-state index < -0.39 is 0 Å². The number of nitrogens with zero attached hydrogens (tertiary/aromatic N) is 6. The van der Waals surface area contributed by atoms with Crippen molar-refractivity contribution in [3.05, 3.63) is 46.2 Å². The first-order chi connectivity index (χ1) is 10.1. The van der Waals surface area contributed by atoms with E-state index >= 15 is 0 Å². The Morgan fingerprint density at radius 3 is 2.81 bits per heavy atom. The number of aryl methyl sites for hydroxylation is 1. The summed E-state index contributed by atoms with van der Waals surface area (Å²) >= 11 is 9.31. The van der Waals surface area contributed by atoms with Crippen LogP contribution in [0.3, 0.4) is 0 Å². The van der Waals surface area contributed by atoms with E-state index in [9.17, 15) is 0 Å². The van der Waals surface area contributed by atoms with Gasteiger partial charge in [0.25, 0.3) is 5.95 Å². The van der Waals surface area contributed by atoms with Crippen LogP contribution in [0.1, 0.15) is 5.56 Å². The molecule has 0 saturated heterocycles. The van der Waals surface area contributed by atoms with Gasteiger partial charge in [0.2, 0.25) is 5.28 Å². The Hall–Kier alpha value is -2.06. The molecule has 0 amide bonds. The topological polar surface area (TPSA) is 78.6 Å². The van der Waals surface area contributed by atoms with Gasteiger partial charge < -0.3 is 4.74 Å². The van der Waals surface area contributed by atoms with Gasteiger partial charge >= 0.3 is 6.01 Å². The maximum atomic E-state index is 5.88. The van der Waals surface area contributed by atoms with Crippen molar-refractivity contribution in [2.75, 3.05) is 0 Å². The maximum absolute atomic E-state index is 5.88. The van der Waals surface area contributed by atoms with Gasteiger partial charge in [0.15, 0.2) is 0 Å². The summed E-state index contributed by atoms with van der Waals surface area (Å²) in [6, 6.07) is 5.73. The molecule has 0 fully saturated rings. The average Bonchev–Trinajstić information content (AvgIpc) is 2.95. The molecule has 3 aromatic rings. The number of hydrogen-bond donors (Lipinski definition) is 0. The van der Waals surface area contributed by atoms with Gasteiger partial charge in [-0.2, -0.15) is 24.7 Å². The Bertz CT molecular complexity index is 779. The number of rotatable bonds is 3. The molecule has 3 rings (SSSR count). The van der Waals surface area contributed by atoms with Crippen LogP contribution in [0.25, 0.3) is 5.95 Å². The van der Waals surface area contributed by atoms with Crippen molar-refractivity contribution in [1.82, 2.24) is 29.7 Å². The van der Waals surface area contributed by atoms with Crippen LogP contribution < -0.4 is 4.74 Å². The number of benzene rings is 1. The lowest BCUT2D eigenvalue weighted by Gasteiger charge is -2.07. The fourth-order valence-electron chi connectivity index (χ4n) is 1.57. The third-order valence-corrected chi connectivity index (χ3v) is 3.28. The average molecular weight is 368 g/mol. The minimum atomic E-state index is 0.00809. The summed E-state index contributed by atoms with van der Waals surface area (Å²) in [6.07, 6.45) is 2.83. The van der Waals surface area contributed by atoms with Crippen molar-refractivity contribution in [2.45, 2.75) is 6.92 Å². The highest BCUT2D eigenvalue weighted by molar-refractivity contribution is 9.10. The third kappa shape index (κ3) is 3.17. The van der Waals surface area contributed by atoms with Gasteiger partial charge in [0.05, 0.1) is 4.47 Å². The zero-order chi connectivity index (χ0) is 14.8. The third-order valence-electron chi connectivity index (χ3n) is 2.49. The second-order valence-corrected chi connectivity index (χ2v) is 5.26. The zero-order valence-corrected chi connectivity index (χ0v) is 13.1. The smallest absolute Gasteiger partial charge is 0.328 e. The van der Waals surface area contributed by atoms with E-state index in [0.717, 1.165) is 10.0 Å². The lowest BCUT2D eigenvalue weighted by molar-refractivity contribution is 0.434. The predicted molar refractivity (Wildman–Crippen MR) is 78.7 cm³/mol. The molecule has 0 atom stereocenters. The summed E-state index contributed by atoms with van der Waals surface area (Å²) < 4.78 is 7.79. The van der Waals surface area contributed by atoms with Crippen LogP contribution >= 0.6 is 27.5 Å². The highest BCUT2D eigenvalue weighted by Crippen LogP contribution is 2.29. The molecule has 0 aliphatic carbocycles. The summed E-state index contributed by atoms with van der Waals surface area (Å²) in [5.41, 5.74) is 1.10. The first-order valence-electron chi connectivity index (χ1n) is 5.82. The maximum Gasteiger partial charge on any atom is 0.328 e. The molecule has 0 radical (unpaired) electrons. The van der Waals surface area contributed by atoms with Gasteiger partial charge in [-0.15, -0.1) is 0 Å². The molecule has 2 heterocycles. The lowest BCUT2D eigenvalue weighted by Crippen LogP contribution is -2.05. The normalized spacial score (nSPS) is 10.6. The molecule has 0 aliphatic heterocycles. The second-order valence-electron chi connectivity index (χ2n) is 4.06. The summed E-state index contributed by atoms with van der Waals surface area (Å²) in [6.45, 7) is 1.98. The molecule has 7 nitrogen and oxygen atoms in total. The first kappa shape index (κ1) is 13.9. The van der Waals surface area contributed by atoms with Crippen molar-refractivity contribution in [3.8, 4) is 17.7 Å². The highest BCUT2D eigenvalue weighted by atomic mass is 79.9. The van der Waals surface area contributed by atoms with Crippen molar-refractivity contribution in [1.29, 1.82) is 0 Å². The molecule has 0 bridgehead atoms. The van der Waals surface area contributed by atoms with E-state index in [0.29, 0.717) is 5.75 Å². The minimum Gasteiger partial charge on any atom is -0.423 e. The molecule has 0 aliphatic rings. The second kappa shape index (κ2) is 5.74. The summed E-state index contributed by atoms with van der Waals surface area (Å²) in [4.78, 5) is 15.9. The fraction of sp³-hybridized carbons (Fsp3) is 0.0833. The van der Waals surface area contributed by atoms with Crippen LogP contribution in [-0.4, -0.2) is 29.7 Å². The van der Waals surface area contributed by atoms with E-state index in [2.05, 4.69) is 41.0 Å². The van der Waals surface area contributed by atoms with Crippen LogP contribution in [-0.2, 0) is 0 Å². The van der Waals surface area contributed by atoms with Gasteiger partial charge in [0.1, 0.15) is 18.4 Å². The number of halogens is 2. The van der Waals surface area contributed by atoms with Crippen LogP contribution in [0.2, 0.25) is 5.28 Å². The number of hydrogen-bond acceptors (Lipinski definition) is 6. The minimum absolute atomic E-state index is 0.00809. The predicted octanol–water partition coefficient (Wildman–Crippen LogP) is 2.97. The van der Waals surface area contributed by atoms with E-state index in [4.69, 9.17) is 16.3 Å². The molecular weight excluding hydrogens is 360 g/mol. The monoisotopic (exact) mass is 366 g/mol. The molecule has 106 valence electrons. The van der Waals surface area contributed by atoms with Gasteiger partial charge in [-0.3, -0.25) is 0 Å².